The molecule has 156 valence electrons. The molecule has 2 aromatic carbocycles. The number of hydrogen-bond donors (Lipinski definition) is 2. The van der Waals surface area contributed by atoms with Gasteiger partial charge in [-0.1, -0.05) is 24.6 Å². The van der Waals surface area contributed by atoms with Crippen molar-refractivity contribution < 1.29 is 14.3 Å². The zero-order chi connectivity index (χ0) is 21.4. The summed E-state index contributed by atoms with van der Waals surface area (Å²) in [7, 11) is 1.55. The molecule has 0 aliphatic carbocycles. The Bertz CT molecular complexity index is 884. The van der Waals surface area contributed by atoms with E-state index in [1.54, 1.807) is 19.2 Å². The van der Waals surface area contributed by atoms with Gasteiger partial charge in [0, 0.05) is 5.69 Å². The second kappa shape index (κ2) is 10.7. The number of nitrogens with zero attached hydrogens (tertiary/aromatic N) is 1. The summed E-state index contributed by atoms with van der Waals surface area (Å²) >= 11 is 6.33. The minimum absolute atomic E-state index is 0.0185. The van der Waals surface area contributed by atoms with Crippen LogP contribution in [0.25, 0.3) is 0 Å². The van der Waals surface area contributed by atoms with E-state index in [9.17, 15) is 4.79 Å². The van der Waals surface area contributed by atoms with E-state index in [1.165, 1.54) is 17.3 Å². The van der Waals surface area contributed by atoms with E-state index < -0.39 is 0 Å². The maximum absolute atomic E-state index is 12.0. The van der Waals surface area contributed by atoms with Gasteiger partial charge in [0.15, 0.2) is 11.5 Å². The van der Waals surface area contributed by atoms with Gasteiger partial charge in [-0.05, 0) is 68.1 Å². The lowest BCUT2D eigenvalue weighted by Crippen LogP contribution is -2.25. The average molecular weight is 418 g/mol. The Balaban J connectivity index is 1.95. The van der Waals surface area contributed by atoms with E-state index in [4.69, 9.17) is 21.1 Å². The number of ether oxygens (including phenoxy) is 2. The van der Waals surface area contributed by atoms with Gasteiger partial charge in [-0.25, -0.2) is 5.43 Å². The third-order valence-corrected chi connectivity index (χ3v) is 4.79. The van der Waals surface area contributed by atoms with Gasteiger partial charge in [0.2, 0.25) is 0 Å². The summed E-state index contributed by atoms with van der Waals surface area (Å²) in [5.74, 6) is 0.763. The fourth-order valence-electron chi connectivity index (χ4n) is 2.47. The molecule has 0 heterocycles. The second-order valence-corrected chi connectivity index (χ2v) is 7.22. The first-order valence-electron chi connectivity index (χ1n) is 9.51. The van der Waals surface area contributed by atoms with E-state index in [0.717, 1.165) is 12.1 Å². The first kappa shape index (κ1) is 22.6. The number of benzene rings is 2. The number of amides is 1. The maximum Gasteiger partial charge on any atom is 0.259 e. The van der Waals surface area contributed by atoms with Crippen molar-refractivity contribution in [3.8, 4) is 11.5 Å². The zero-order valence-corrected chi connectivity index (χ0v) is 18.3. The molecule has 0 saturated heterocycles. The minimum Gasteiger partial charge on any atom is -0.493 e. The number of nitrogens with one attached hydrogen (secondary N) is 2. The molecule has 2 N–H and O–H groups in total. The molecule has 0 fully saturated rings. The number of hydrazone groups is 1. The Morgan fingerprint density at radius 1 is 1.24 bits per heavy atom. The van der Waals surface area contributed by atoms with Gasteiger partial charge in [-0.15, -0.1) is 0 Å². The molecule has 0 spiro atoms. The fourth-order valence-corrected chi connectivity index (χ4v) is 2.73. The summed E-state index contributed by atoms with van der Waals surface area (Å²) in [6.07, 6.45) is 2.38. The van der Waals surface area contributed by atoms with Crippen LogP contribution in [0.3, 0.4) is 0 Å². The van der Waals surface area contributed by atoms with Crippen LogP contribution >= 0.6 is 11.6 Å². The van der Waals surface area contributed by atoms with Crippen molar-refractivity contribution in [1.82, 2.24) is 5.43 Å². The fraction of sp³-hybridized carbons (Fsp3) is 0.364. The largest absolute Gasteiger partial charge is 0.493 e. The predicted molar refractivity (Wildman–Crippen MR) is 119 cm³/mol. The Labute approximate surface area is 177 Å². The van der Waals surface area contributed by atoms with Crippen molar-refractivity contribution in [2.45, 2.75) is 40.2 Å². The summed E-state index contributed by atoms with van der Waals surface area (Å²) in [6, 6.07) is 9.43. The Morgan fingerprint density at radius 2 is 2.00 bits per heavy atom. The highest BCUT2D eigenvalue weighted by atomic mass is 35.5. The van der Waals surface area contributed by atoms with Gasteiger partial charge in [-0.2, -0.15) is 5.10 Å². The molecule has 1 amide bonds. The monoisotopic (exact) mass is 417 g/mol. The summed E-state index contributed by atoms with van der Waals surface area (Å²) in [5, 5.41) is 7.49. The van der Waals surface area contributed by atoms with Gasteiger partial charge in [-0.3, -0.25) is 4.79 Å². The lowest BCUT2D eigenvalue weighted by molar-refractivity contribution is -0.119. The molecule has 6 nitrogen and oxygen atoms in total. The molecule has 0 saturated carbocycles. The van der Waals surface area contributed by atoms with Gasteiger partial charge >= 0.3 is 0 Å². The van der Waals surface area contributed by atoms with Crippen molar-refractivity contribution in [3.05, 3.63) is 52.0 Å². The number of aryl methyl sites for hydroxylation is 2. The molecular formula is C22H28ClN3O3. The number of hydrogen-bond acceptors (Lipinski definition) is 5. The van der Waals surface area contributed by atoms with Crippen LogP contribution in [0, 0.1) is 13.8 Å². The first-order chi connectivity index (χ1) is 13.8. The van der Waals surface area contributed by atoms with Crippen molar-refractivity contribution in [1.29, 1.82) is 0 Å². The number of anilines is 1. The number of rotatable bonds is 9. The summed E-state index contributed by atoms with van der Waals surface area (Å²) in [6.45, 7) is 8.19. The van der Waals surface area contributed by atoms with Crippen LogP contribution in [-0.4, -0.2) is 31.9 Å². The van der Waals surface area contributed by atoms with Crippen LogP contribution in [0.5, 0.6) is 11.5 Å². The number of carbonyl (C=O) groups is 1. The quantitative estimate of drug-likeness (QED) is 0.458. The molecule has 0 unspecified atom stereocenters. The van der Waals surface area contributed by atoms with E-state index >= 15 is 0 Å². The highest BCUT2D eigenvalue weighted by Crippen LogP contribution is 2.37. The lowest BCUT2D eigenvalue weighted by atomic mass is 10.1. The number of halogens is 1. The molecule has 1 atom stereocenters. The maximum atomic E-state index is 12.0. The molecule has 0 aliphatic rings. The Kier molecular flexibility index (Phi) is 8.34. The van der Waals surface area contributed by atoms with Crippen molar-refractivity contribution in [2.24, 2.45) is 5.10 Å². The predicted octanol–water partition coefficient (Wildman–Crippen LogP) is 4.70. The van der Waals surface area contributed by atoms with Crippen LogP contribution in [0.15, 0.2) is 35.4 Å². The van der Waals surface area contributed by atoms with E-state index in [-0.39, 0.29) is 18.6 Å². The lowest BCUT2D eigenvalue weighted by Gasteiger charge is -2.17. The van der Waals surface area contributed by atoms with Crippen LogP contribution in [-0.2, 0) is 4.79 Å². The molecule has 0 aromatic heterocycles. The highest BCUT2D eigenvalue weighted by Gasteiger charge is 2.14. The van der Waals surface area contributed by atoms with E-state index in [0.29, 0.717) is 22.1 Å². The van der Waals surface area contributed by atoms with Crippen LogP contribution in [0.4, 0.5) is 5.69 Å². The van der Waals surface area contributed by atoms with Crippen molar-refractivity contribution >= 4 is 29.4 Å². The SMILES string of the molecule is CC[C@@H](C)Oc1c(Cl)cc(/C=N\NC(=O)CNc2ccc(C)c(C)c2)cc1OC. The van der Waals surface area contributed by atoms with Gasteiger partial charge in [0.05, 0.1) is 31.0 Å². The van der Waals surface area contributed by atoms with Crippen LogP contribution in [0.1, 0.15) is 37.0 Å². The van der Waals surface area contributed by atoms with E-state index in [2.05, 4.69) is 15.8 Å². The molecule has 0 radical (unpaired) electrons. The van der Waals surface area contributed by atoms with Crippen molar-refractivity contribution in [3.63, 3.8) is 0 Å². The van der Waals surface area contributed by atoms with Crippen LogP contribution < -0.4 is 20.2 Å². The Hall–Kier alpha value is -2.73. The highest BCUT2D eigenvalue weighted by molar-refractivity contribution is 6.32. The van der Waals surface area contributed by atoms with Crippen molar-refractivity contribution in [2.75, 3.05) is 19.0 Å². The van der Waals surface area contributed by atoms with Gasteiger partial charge in [0.25, 0.3) is 5.91 Å². The average Bonchev–Trinajstić information content (AvgIpc) is 2.70. The number of methoxy groups -OCH3 is 1. The summed E-state index contributed by atoms with van der Waals surface area (Å²) < 4.78 is 11.2. The normalized spacial score (nSPS) is 11.9. The smallest absolute Gasteiger partial charge is 0.259 e. The topological polar surface area (TPSA) is 72.0 Å². The van der Waals surface area contributed by atoms with Crippen LogP contribution in [0.2, 0.25) is 5.02 Å². The Morgan fingerprint density at radius 3 is 2.66 bits per heavy atom. The molecule has 29 heavy (non-hydrogen) atoms. The molecular weight excluding hydrogens is 390 g/mol. The van der Waals surface area contributed by atoms with E-state index in [1.807, 2.05) is 45.9 Å². The third kappa shape index (κ3) is 6.68. The van der Waals surface area contributed by atoms with Gasteiger partial charge < -0.3 is 14.8 Å². The number of carbonyl (C=O) groups excluding carboxylic acids is 1. The molecule has 7 heteroatoms. The zero-order valence-electron chi connectivity index (χ0n) is 17.5. The molecule has 2 aromatic rings. The minimum atomic E-state index is -0.255. The summed E-state index contributed by atoms with van der Waals surface area (Å²) in [4.78, 5) is 12.0. The first-order valence-corrected chi connectivity index (χ1v) is 9.89. The molecule has 0 bridgehead atoms. The molecule has 0 aliphatic heterocycles. The standard InChI is InChI=1S/C22H28ClN3O3/c1-6-16(4)29-22-19(23)10-17(11-20(22)28-5)12-25-26-21(27)13-24-18-8-7-14(2)15(3)9-18/h7-12,16,24H,6,13H2,1-5H3,(H,26,27)/b25-12-/t16-/m1/s1. The molecule has 2 rings (SSSR count). The second-order valence-electron chi connectivity index (χ2n) is 6.82. The van der Waals surface area contributed by atoms with Gasteiger partial charge in [0.1, 0.15) is 0 Å². The summed E-state index contributed by atoms with van der Waals surface area (Å²) in [5.41, 5.74) is 6.44. The third-order valence-electron chi connectivity index (χ3n) is 4.51.